The molecule has 0 atom stereocenters. The molecule has 138 valence electrons. The van der Waals surface area contributed by atoms with Crippen LogP contribution in [0.5, 0.6) is 11.5 Å². The number of fused-ring (bicyclic) bond motifs is 3. The van der Waals surface area contributed by atoms with Crippen LogP contribution in [0.25, 0.3) is 11.3 Å². The van der Waals surface area contributed by atoms with Crippen molar-refractivity contribution in [2.45, 2.75) is 6.42 Å². The van der Waals surface area contributed by atoms with Gasteiger partial charge in [0.05, 0.1) is 19.9 Å². The van der Waals surface area contributed by atoms with E-state index in [4.69, 9.17) is 9.47 Å². The number of nitrogens with zero attached hydrogens (tertiary/aromatic N) is 2. The van der Waals surface area contributed by atoms with Crippen molar-refractivity contribution in [2.75, 3.05) is 19.5 Å². The van der Waals surface area contributed by atoms with Crippen LogP contribution in [0, 0.1) is 5.82 Å². The number of hydrogen-bond acceptors (Lipinski definition) is 5. The van der Waals surface area contributed by atoms with Gasteiger partial charge in [0.1, 0.15) is 11.6 Å². The molecule has 0 aliphatic heterocycles. The van der Waals surface area contributed by atoms with Crippen molar-refractivity contribution in [2.24, 2.45) is 0 Å². The first-order valence-electron chi connectivity index (χ1n) is 8.15. The van der Waals surface area contributed by atoms with Crippen LogP contribution in [0.15, 0.2) is 36.4 Å². The molecule has 0 saturated heterocycles. The molecule has 7 nitrogen and oxygen atoms in total. The Morgan fingerprint density at radius 1 is 1.22 bits per heavy atom. The highest BCUT2D eigenvalue weighted by atomic mass is 19.1. The van der Waals surface area contributed by atoms with Gasteiger partial charge in [-0.2, -0.15) is 5.10 Å². The summed E-state index contributed by atoms with van der Waals surface area (Å²) in [6.07, 6.45) is -0.763. The van der Waals surface area contributed by atoms with Gasteiger partial charge in [0.2, 0.25) is 0 Å². The quantitative estimate of drug-likeness (QED) is 0.568. The zero-order valence-corrected chi connectivity index (χ0v) is 14.6. The van der Waals surface area contributed by atoms with Gasteiger partial charge in [-0.25, -0.2) is 9.18 Å². The largest absolute Gasteiger partial charge is 0.493 e. The lowest BCUT2D eigenvalue weighted by molar-refractivity contribution is 0.193. The normalized spacial score (nSPS) is 11.7. The second kappa shape index (κ2) is 6.31. The molecule has 2 aromatic carbocycles. The highest BCUT2D eigenvalue weighted by Gasteiger charge is 2.31. The van der Waals surface area contributed by atoms with Crippen LogP contribution in [0.3, 0.4) is 0 Å². The lowest BCUT2D eigenvalue weighted by Crippen LogP contribution is -2.14. The van der Waals surface area contributed by atoms with E-state index in [1.807, 2.05) is 6.07 Å². The molecule has 1 aliphatic carbocycles. The molecular formula is C19H16FN3O4. The van der Waals surface area contributed by atoms with Crippen LogP contribution in [0.2, 0.25) is 0 Å². The number of aromatic nitrogens is 2. The van der Waals surface area contributed by atoms with E-state index in [0.717, 1.165) is 15.8 Å². The average Bonchev–Trinajstić information content (AvgIpc) is 3.17. The molecule has 8 heteroatoms. The van der Waals surface area contributed by atoms with E-state index in [1.54, 1.807) is 25.3 Å². The minimum Gasteiger partial charge on any atom is -0.493 e. The number of ether oxygens (including phenoxy) is 2. The van der Waals surface area contributed by atoms with Crippen molar-refractivity contribution in [1.82, 2.24) is 9.78 Å². The van der Waals surface area contributed by atoms with E-state index < -0.39 is 11.9 Å². The van der Waals surface area contributed by atoms with Crippen molar-refractivity contribution in [3.8, 4) is 22.8 Å². The summed E-state index contributed by atoms with van der Waals surface area (Å²) in [5, 5.41) is 16.8. The van der Waals surface area contributed by atoms with E-state index in [2.05, 4.69) is 10.4 Å². The smallest absolute Gasteiger partial charge is 0.434 e. The first-order valence-corrected chi connectivity index (χ1v) is 8.15. The second-order valence-corrected chi connectivity index (χ2v) is 6.05. The highest BCUT2D eigenvalue weighted by Crippen LogP contribution is 2.45. The Balaban J connectivity index is 1.83. The van der Waals surface area contributed by atoms with E-state index in [1.165, 1.54) is 19.2 Å². The summed E-state index contributed by atoms with van der Waals surface area (Å²) in [7, 11) is 3.09. The molecule has 27 heavy (non-hydrogen) atoms. The number of benzene rings is 2. The van der Waals surface area contributed by atoms with Crippen molar-refractivity contribution in [3.05, 3.63) is 53.3 Å². The Hall–Kier alpha value is -3.55. The number of carboxylic acid groups (broad SMARTS) is 1. The Kier molecular flexibility index (Phi) is 3.95. The lowest BCUT2D eigenvalue weighted by Gasteiger charge is -2.11. The fourth-order valence-electron chi connectivity index (χ4n) is 3.28. The summed E-state index contributed by atoms with van der Waals surface area (Å²) in [5.74, 6) is 0.994. The third-order valence-corrected chi connectivity index (χ3v) is 4.48. The monoisotopic (exact) mass is 369 g/mol. The van der Waals surface area contributed by atoms with Gasteiger partial charge >= 0.3 is 6.09 Å². The van der Waals surface area contributed by atoms with Crippen LogP contribution in [-0.4, -0.2) is 35.2 Å². The van der Waals surface area contributed by atoms with Gasteiger partial charge in [-0.3, -0.25) is 0 Å². The number of anilines is 2. The van der Waals surface area contributed by atoms with Crippen LogP contribution in [0.1, 0.15) is 11.1 Å². The Morgan fingerprint density at radius 2 is 1.96 bits per heavy atom. The fraction of sp³-hybridized carbons (Fsp3) is 0.158. The molecule has 0 fully saturated rings. The minimum absolute atomic E-state index is 0.289. The first-order chi connectivity index (χ1) is 13.0. The second-order valence-electron chi connectivity index (χ2n) is 6.05. The Labute approximate surface area is 154 Å². The molecule has 1 heterocycles. The molecule has 0 bridgehead atoms. The number of methoxy groups -OCH3 is 2. The van der Waals surface area contributed by atoms with Crippen LogP contribution < -0.4 is 14.8 Å². The molecule has 1 aromatic heterocycles. The SMILES string of the molecule is COc1cc2c(cc1OC)-c1nn(C(=O)O)c(Nc3cccc(F)c3)c1C2. The number of hydrogen-bond donors (Lipinski definition) is 2. The predicted octanol–water partition coefficient (Wildman–Crippen LogP) is 3.88. The van der Waals surface area contributed by atoms with Crippen LogP contribution in [0.4, 0.5) is 20.7 Å². The van der Waals surface area contributed by atoms with E-state index >= 15 is 0 Å². The molecule has 0 unspecified atom stereocenters. The molecule has 0 saturated carbocycles. The van der Waals surface area contributed by atoms with Gasteiger partial charge < -0.3 is 19.9 Å². The summed E-state index contributed by atoms with van der Waals surface area (Å²) in [5.41, 5.74) is 3.43. The van der Waals surface area contributed by atoms with E-state index in [0.29, 0.717) is 34.9 Å². The molecular weight excluding hydrogens is 353 g/mol. The molecule has 1 aliphatic rings. The maximum atomic E-state index is 13.5. The van der Waals surface area contributed by atoms with Gasteiger partial charge in [0, 0.05) is 23.2 Å². The zero-order valence-electron chi connectivity index (χ0n) is 14.6. The molecule has 0 amide bonds. The minimum atomic E-state index is -1.23. The molecule has 0 spiro atoms. The maximum absolute atomic E-state index is 13.5. The maximum Gasteiger partial charge on any atom is 0.434 e. The lowest BCUT2D eigenvalue weighted by atomic mass is 10.1. The van der Waals surface area contributed by atoms with Crippen LogP contribution >= 0.6 is 0 Å². The topological polar surface area (TPSA) is 85.6 Å². The van der Waals surface area contributed by atoms with Gasteiger partial charge in [-0.15, -0.1) is 4.68 Å². The van der Waals surface area contributed by atoms with Crippen molar-refractivity contribution in [3.63, 3.8) is 0 Å². The van der Waals surface area contributed by atoms with Crippen molar-refractivity contribution >= 4 is 17.6 Å². The number of rotatable bonds is 4. The summed E-state index contributed by atoms with van der Waals surface area (Å²) in [4.78, 5) is 11.7. The summed E-state index contributed by atoms with van der Waals surface area (Å²) >= 11 is 0. The number of halogens is 1. The zero-order chi connectivity index (χ0) is 19.1. The average molecular weight is 369 g/mol. The van der Waals surface area contributed by atoms with Gasteiger partial charge in [0.25, 0.3) is 0 Å². The third kappa shape index (κ3) is 2.75. The first kappa shape index (κ1) is 16.9. The van der Waals surface area contributed by atoms with E-state index in [-0.39, 0.29) is 5.82 Å². The number of nitrogens with one attached hydrogen (secondary N) is 1. The molecule has 0 radical (unpaired) electrons. The number of carbonyl (C=O) groups is 1. The molecule has 4 rings (SSSR count). The van der Waals surface area contributed by atoms with Gasteiger partial charge in [0.15, 0.2) is 11.5 Å². The summed E-state index contributed by atoms with van der Waals surface area (Å²) < 4.78 is 25.0. The van der Waals surface area contributed by atoms with Crippen molar-refractivity contribution in [1.29, 1.82) is 0 Å². The summed E-state index contributed by atoms with van der Waals surface area (Å²) in [6.45, 7) is 0. The summed E-state index contributed by atoms with van der Waals surface area (Å²) in [6, 6.07) is 9.45. The highest BCUT2D eigenvalue weighted by molar-refractivity contribution is 5.86. The Morgan fingerprint density at radius 3 is 2.63 bits per heavy atom. The van der Waals surface area contributed by atoms with Crippen molar-refractivity contribution < 1.29 is 23.8 Å². The Bertz CT molecular complexity index is 1060. The molecule has 2 N–H and O–H groups in total. The third-order valence-electron chi connectivity index (χ3n) is 4.48. The predicted molar refractivity (Wildman–Crippen MR) is 96.7 cm³/mol. The molecule has 3 aromatic rings. The van der Waals surface area contributed by atoms with E-state index in [9.17, 15) is 14.3 Å². The fourth-order valence-corrected chi connectivity index (χ4v) is 3.28. The van der Waals surface area contributed by atoms with Crippen LogP contribution in [-0.2, 0) is 6.42 Å². The van der Waals surface area contributed by atoms with Gasteiger partial charge in [-0.1, -0.05) is 6.07 Å². The van der Waals surface area contributed by atoms with Gasteiger partial charge in [-0.05, 0) is 35.9 Å². The standard InChI is InChI=1S/C19H16FN3O4/c1-26-15-7-10-6-14-17(13(10)9-16(15)27-2)22-23(19(24)25)18(14)21-12-5-3-4-11(20)8-12/h3-5,7-9,21H,6H2,1-2H3,(H,24,25).